The number of halogens is 1. The summed E-state index contributed by atoms with van der Waals surface area (Å²) in [6, 6.07) is 12.3. The molecule has 1 heterocycles. The topological polar surface area (TPSA) is 48.3 Å². The maximum atomic E-state index is 13.0. The first-order chi connectivity index (χ1) is 11.9. The van der Waals surface area contributed by atoms with Gasteiger partial charge in [-0.2, -0.15) is 0 Å². The van der Waals surface area contributed by atoms with Crippen LogP contribution in [0.5, 0.6) is 5.75 Å². The molecule has 0 saturated carbocycles. The number of fused-ring (bicyclic) bond motifs is 1. The van der Waals surface area contributed by atoms with Gasteiger partial charge in [0.25, 0.3) is 5.56 Å². The van der Waals surface area contributed by atoms with E-state index in [9.17, 15) is 14.0 Å². The molecule has 0 amide bonds. The summed E-state index contributed by atoms with van der Waals surface area (Å²) in [5, 5.41) is 1.28. The van der Waals surface area contributed by atoms with Gasteiger partial charge in [-0.15, -0.1) is 0 Å². The minimum absolute atomic E-state index is 0.0474. The van der Waals surface area contributed by atoms with E-state index in [1.807, 2.05) is 19.9 Å². The van der Waals surface area contributed by atoms with Gasteiger partial charge in [0.05, 0.1) is 12.6 Å². The van der Waals surface area contributed by atoms with Gasteiger partial charge in [0.2, 0.25) is 0 Å². The van der Waals surface area contributed by atoms with Crippen LogP contribution in [0.4, 0.5) is 4.39 Å². The van der Waals surface area contributed by atoms with Crippen LogP contribution in [-0.2, 0) is 6.54 Å². The van der Waals surface area contributed by atoms with E-state index in [4.69, 9.17) is 4.74 Å². The molecule has 0 aliphatic rings. The summed E-state index contributed by atoms with van der Waals surface area (Å²) in [4.78, 5) is 24.9. The lowest BCUT2D eigenvalue weighted by Crippen LogP contribution is -2.23. The van der Waals surface area contributed by atoms with Gasteiger partial charge in [-0.25, -0.2) is 4.39 Å². The summed E-state index contributed by atoms with van der Waals surface area (Å²) in [6.45, 7) is 3.77. The molecule has 0 bridgehead atoms. The van der Waals surface area contributed by atoms with E-state index in [-0.39, 0.29) is 24.0 Å². The Kier molecular flexibility index (Phi) is 4.65. The van der Waals surface area contributed by atoms with Crippen LogP contribution < -0.4 is 10.3 Å². The van der Waals surface area contributed by atoms with Crippen molar-refractivity contribution in [1.82, 2.24) is 4.57 Å². The molecule has 4 nitrogen and oxygen atoms in total. The molecule has 0 aliphatic heterocycles. The van der Waals surface area contributed by atoms with Gasteiger partial charge in [0, 0.05) is 17.1 Å². The summed E-state index contributed by atoms with van der Waals surface area (Å²) in [5.41, 5.74) is 0.123. The summed E-state index contributed by atoms with van der Waals surface area (Å²) >= 11 is 0. The smallest absolute Gasteiger partial charge is 0.258 e. The first-order valence-electron chi connectivity index (χ1n) is 8.02. The number of Topliss-reactive ketones (excluding diaryl/α,β-unsaturated/α-hetero) is 1. The Hall–Kier alpha value is -2.95. The van der Waals surface area contributed by atoms with Crippen molar-refractivity contribution in [2.45, 2.75) is 26.5 Å². The fraction of sp³-hybridized carbons (Fsp3) is 0.200. The van der Waals surface area contributed by atoms with Crippen molar-refractivity contribution in [3.05, 3.63) is 76.5 Å². The number of ether oxygens (including phenoxy) is 1. The quantitative estimate of drug-likeness (QED) is 0.664. The Labute approximate surface area is 144 Å². The Bertz CT molecular complexity index is 974. The largest absolute Gasteiger partial charge is 0.491 e. The van der Waals surface area contributed by atoms with Crippen LogP contribution in [0.3, 0.4) is 0 Å². The lowest BCUT2D eigenvalue weighted by molar-refractivity contribution is 0.0971. The van der Waals surface area contributed by atoms with E-state index in [0.717, 1.165) is 5.39 Å². The van der Waals surface area contributed by atoms with Crippen molar-refractivity contribution in [2.75, 3.05) is 0 Å². The second-order valence-corrected chi connectivity index (χ2v) is 6.09. The monoisotopic (exact) mass is 339 g/mol. The van der Waals surface area contributed by atoms with Gasteiger partial charge < -0.3 is 9.30 Å². The van der Waals surface area contributed by atoms with Gasteiger partial charge in [0.15, 0.2) is 5.78 Å². The molecule has 3 rings (SSSR count). The van der Waals surface area contributed by atoms with Crippen LogP contribution in [0.25, 0.3) is 10.8 Å². The SMILES string of the molecule is CC(C)Oc1ccc2c(=O)n(CC(=O)c3ccc(F)cc3)ccc2c1. The van der Waals surface area contributed by atoms with Crippen molar-refractivity contribution in [1.29, 1.82) is 0 Å². The zero-order chi connectivity index (χ0) is 18.0. The number of carbonyl (C=O) groups excluding carboxylic acids is 1. The molecule has 3 aromatic rings. The predicted molar refractivity (Wildman–Crippen MR) is 94.7 cm³/mol. The first-order valence-corrected chi connectivity index (χ1v) is 8.02. The molecule has 0 aliphatic carbocycles. The third-order valence-electron chi connectivity index (χ3n) is 3.80. The van der Waals surface area contributed by atoms with E-state index in [1.54, 1.807) is 24.4 Å². The minimum atomic E-state index is -0.404. The van der Waals surface area contributed by atoms with Gasteiger partial charge in [-0.05, 0) is 67.8 Å². The highest BCUT2D eigenvalue weighted by Crippen LogP contribution is 2.19. The van der Waals surface area contributed by atoms with Gasteiger partial charge in [-0.3, -0.25) is 9.59 Å². The molecule has 128 valence electrons. The Balaban J connectivity index is 1.90. The highest BCUT2D eigenvalue weighted by molar-refractivity contribution is 5.96. The van der Waals surface area contributed by atoms with E-state index < -0.39 is 5.82 Å². The maximum absolute atomic E-state index is 13.0. The summed E-state index contributed by atoms with van der Waals surface area (Å²) in [5.74, 6) is 0.0436. The fourth-order valence-corrected chi connectivity index (χ4v) is 2.62. The second kappa shape index (κ2) is 6.89. The number of hydrogen-bond donors (Lipinski definition) is 0. The van der Waals surface area contributed by atoms with Gasteiger partial charge in [-0.1, -0.05) is 0 Å². The average Bonchev–Trinajstić information content (AvgIpc) is 2.57. The van der Waals surface area contributed by atoms with Crippen LogP contribution in [-0.4, -0.2) is 16.5 Å². The summed E-state index contributed by atoms with van der Waals surface area (Å²) in [6.07, 6.45) is 1.64. The Morgan fingerprint density at radius 1 is 1.12 bits per heavy atom. The number of aromatic nitrogens is 1. The number of carbonyl (C=O) groups is 1. The number of rotatable bonds is 5. The number of pyridine rings is 1. The number of benzene rings is 2. The number of nitrogens with zero attached hydrogens (tertiary/aromatic N) is 1. The Morgan fingerprint density at radius 2 is 1.84 bits per heavy atom. The molecule has 5 heteroatoms. The molecule has 0 saturated heterocycles. The molecule has 0 unspecified atom stereocenters. The van der Waals surface area contributed by atoms with Gasteiger partial charge >= 0.3 is 0 Å². The number of ketones is 1. The lowest BCUT2D eigenvalue weighted by atomic mass is 10.1. The van der Waals surface area contributed by atoms with Crippen molar-refractivity contribution in [2.24, 2.45) is 0 Å². The van der Waals surface area contributed by atoms with Crippen molar-refractivity contribution in [3.63, 3.8) is 0 Å². The third kappa shape index (κ3) is 3.76. The number of hydrogen-bond acceptors (Lipinski definition) is 3. The van der Waals surface area contributed by atoms with E-state index >= 15 is 0 Å². The molecule has 25 heavy (non-hydrogen) atoms. The average molecular weight is 339 g/mol. The highest BCUT2D eigenvalue weighted by Gasteiger charge is 2.10. The van der Waals surface area contributed by atoms with Crippen LogP contribution in [0.1, 0.15) is 24.2 Å². The molecule has 1 aromatic heterocycles. The van der Waals surface area contributed by atoms with Gasteiger partial charge in [0.1, 0.15) is 11.6 Å². The highest BCUT2D eigenvalue weighted by atomic mass is 19.1. The molecule has 0 N–H and O–H groups in total. The molecule has 2 aromatic carbocycles. The minimum Gasteiger partial charge on any atom is -0.491 e. The second-order valence-electron chi connectivity index (χ2n) is 6.09. The zero-order valence-corrected chi connectivity index (χ0v) is 14.0. The van der Waals surface area contributed by atoms with E-state index in [2.05, 4.69) is 0 Å². The normalized spacial score (nSPS) is 11.0. The zero-order valence-electron chi connectivity index (χ0n) is 14.0. The van der Waals surface area contributed by atoms with Crippen molar-refractivity contribution in [3.8, 4) is 5.75 Å². The van der Waals surface area contributed by atoms with Crippen LogP contribution >= 0.6 is 0 Å². The molecule has 0 fully saturated rings. The van der Waals surface area contributed by atoms with E-state index in [0.29, 0.717) is 16.7 Å². The molecule has 0 spiro atoms. The van der Waals surface area contributed by atoms with Crippen LogP contribution in [0.2, 0.25) is 0 Å². The van der Waals surface area contributed by atoms with Crippen LogP contribution in [0, 0.1) is 5.82 Å². The lowest BCUT2D eigenvalue weighted by Gasteiger charge is -2.11. The standard InChI is InChI=1S/C20H18FNO3/c1-13(2)25-17-7-8-18-15(11-17)9-10-22(20(18)24)12-19(23)14-3-5-16(21)6-4-14/h3-11,13H,12H2,1-2H3. The fourth-order valence-electron chi connectivity index (χ4n) is 2.62. The third-order valence-corrected chi connectivity index (χ3v) is 3.80. The maximum Gasteiger partial charge on any atom is 0.258 e. The van der Waals surface area contributed by atoms with E-state index in [1.165, 1.54) is 28.8 Å². The van der Waals surface area contributed by atoms with Crippen LogP contribution in [0.15, 0.2) is 59.5 Å². The first kappa shape index (κ1) is 16.9. The van der Waals surface area contributed by atoms with Crippen molar-refractivity contribution < 1.29 is 13.9 Å². The molecular weight excluding hydrogens is 321 g/mol. The predicted octanol–water partition coefficient (Wildman–Crippen LogP) is 3.81. The molecular formula is C20H18FNO3. The molecule has 0 atom stereocenters. The van der Waals surface area contributed by atoms with Crippen molar-refractivity contribution >= 4 is 16.6 Å². The Morgan fingerprint density at radius 3 is 2.52 bits per heavy atom. The summed E-state index contributed by atoms with van der Waals surface area (Å²) in [7, 11) is 0. The summed E-state index contributed by atoms with van der Waals surface area (Å²) < 4.78 is 19.9. The molecule has 0 radical (unpaired) electrons.